The topological polar surface area (TPSA) is 124 Å². The number of methoxy groups -OCH3 is 1. The highest BCUT2D eigenvalue weighted by Gasteiger charge is 2.30. The van der Waals surface area contributed by atoms with Gasteiger partial charge in [-0.1, -0.05) is 17.7 Å². The van der Waals surface area contributed by atoms with Gasteiger partial charge in [-0.25, -0.2) is 13.4 Å². The van der Waals surface area contributed by atoms with Crippen molar-refractivity contribution in [2.75, 3.05) is 73.0 Å². The van der Waals surface area contributed by atoms with Gasteiger partial charge in [0.25, 0.3) is 0 Å². The fourth-order valence-electron chi connectivity index (χ4n) is 5.58. The zero-order chi connectivity index (χ0) is 29.9. The van der Waals surface area contributed by atoms with Gasteiger partial charge in [0, 0.05) is 50.5 Å². The summed E-state index contributed by atoms with van der Waals surface area (Å²) in [7, 11) is 0.171. The second-order valence-corrected chi connectivity index (χ2v) is 13.0. The molecule has 1 aromatic heterocycles. The molecule has 2 aromatic carbocycles. The van der Waals surface area contributed by atoms with Crippen LogP contribution in [0.25, 0.3) is 0 Å². The van der Waals surface area contributed by atoms with E-state index >= 15 is 0 Å². The smallest absolute Gasteiger partial charge is 0.232 e. The third kappa shape index (κ3) is 6.67. The van der Waals surface area contributed by atoms with Crippen LogP contribution in [-0.4, -0.2) is 77.6 Å². The molecule has 13 heteroatoms. The fourth-order valence-corrected chi connectivity index (χ4v) is 6.68. The normalized spacial score (nSPS) is 15.5. The Balaban J connectivity index is 1.32. The van der Waals surface area contributed by atoms with E-state index in [1.807, 2.05) is 38.2 Å². The Morgan fingerprint density at radius 3 is 2.55 bits per heavy atom. The Hall–Kier alpha value is -3.32. The minimum Gasteiger partial charge on any atom is -0.494 e. The first-order valence-corrected chi connectivity index (χ1v) is 16.4. The van der Waals surface area contributed by atoms with Gasteiger partial charge in [-0.3, -0.25) is 4.31 Å². The first-order chi connectivity index (χ1) is 20.2. The standard InChI is InChI=1S/C29H39ClN8O3S/c1-19-5-7-25(27-22(19)11-16-38(27)42(4,39)40)34-28-23(30)18-33-29(36-28)35-24-8-6-21(17-26(24)41-3)37-14-9-20(10-15-37)32-13-12-31-2/h5-8,17-18,20,31-32H,9-16H2,1-4H3,(H2,33,34,35,36). The van der Waals surface area contributed by atoms with E-state index in [0.29, 0.717) is 52.9 Å². The van der Waals surface area contributed by atoms with Crippen LogP contribution in [0.2, 0.25) is 5.02 Å². The molecule has 4 N–H and O–H groups in total. The summed E-state index contributed by atoms with van der Waals surface area (Å²) in [5.74, 6) is 1.36. The number of sulfonamides is 1. The minimum absolute atomic E-state index is 0.310. The average molecular weight is 615 g/mol. The van der Waals surface area contributed by atoms with Crippen molar-refractivity contribution in [3.8, 4) is 5.75 Å². The van der Waals surface area contributed by atoms with Gasteiger partial charge in [0.15, 0.2) is 5.82 Å². The second-order valence-electron chi connectivity index (χ2n) is 10.7. The Bertz CT molecular complexity index is 1530. The van der Waals surface area contributed by atoms with Gasteiger partial charge < -0.3 is 30.9 Å². The van der Waals surface area contributed by atoms with Crippen molar-refractivity contribution in [3.63, 3.8) is 0 Å². The lowest BCUT2D eigenvalue weighted by Crippen LogP contribution is -2.44. The molecule has 226 valence electrons. The quantitative estimate of drug-likeness (QED) is 0.235. The van der Waals surface area contributed by atoms with Crippen molar-refractivity contribution in [1.82, 2.24) is 20.6 Å². The Morgan fingerprint density at radius 2 is 1.83 bits per heavy atom. The summed E-state index contributed by atoms with van der Waals surface area (Å²) >= 11 is 6.48. The third-order valence-corrected chi connectivity index (χ3v) is 9.27. The molecule has 3 heterocycles. The van der Waals surface area contributed by atoms with Crippen LogP contribution in [0.5, 0.6) is 5.75 Å². The molecule has 2 aliphatic rings. The highest BCUT2D eigenvalue weighted by Crippen LogP contribution is 2.41. The Kier molecular flexibility index (Phi) is 9.26. The van der Waals surface area contributed by atoms with Crippen molar-refractivity contribution >= 4 is 56.1 Å². The van der Waals surface area contributed by atoms with Crippen molar-refractivity contribution < 1.29 is 13.2 Å². The van der Waals surface area contributed by atoms with E-state index in [1.54, 1.807) is 7.11 Å². The number of rotatable bonds is 11. The molecule has 0 amide bonds. The first-order valence-electron chi connectivity index (χ1n) is 14.2. The van der Waals surface area contributed by atoms with Crippen LogP contribution in [0.15, 0.2) is 36.5 Å². The minimum atomic E-state index is -3.44. The van der Waals surface area contributed by atoms with E-state index in [0.717, 1.165) is 61.5 Å². The summed E-state index contributed by atoms with van der Waals surface area (Å²) in [5.41, 5.74) is 5.11. The number of halogens is 1. The molecule has 0 atom stereocenters. The number of nitrogens with zero attached hydrogens (tertiary/aromatic N) is 4. The predicted molar refractivity (Wildman–Crippen MR) is 171 cm³/mol. The van der Waals surface area contributed by atoms with Crippen molar-refractivity contribution in [2.24, 2.45) is 0 Å². The molecule has 42 heavy (non-hydrogen) atoms. The molecule has 3 aromatic rings. The molecular weight excluding hydrogens is 576 g/mol. The molecule has 11 nitrogen and oxygen atoms in total. The van der Waals surface area contributed by atoms with Crippen LogP contribution < -0.4 is 35.2 Å². The van der Waals surface area contributed by atoms with Crippen molar-refractivity contribution in [3.05, 3.63) is 52.7 Å². The molecule has 2 aliphatic heterocycles. The van der Waals surface area contributed by atoms with Gasteiger partial charge in [0.05, 0.1) is 36.6 Å². The SMILES string of the molecule is CNCCNC1CCN(c2ccc(Nc3ncc(Cl)c(Nc4ccc(C)c5c4N(S(C)(=O)=O)CC5)n3)c(OC)c2)CC1. The lowest BCUT2D eigenvalue weighted by atomic mass is 10.0. The number of aromatic nitrogens is 2. The molecule has 0 saturated carbocycles. The van der Waals surface area contributed by atoms with Crippen LogP contribution in [0, 0.1) is 6.92 Å². The summed E-state index contributed by atoms with van der Waals surface area (Å²) in [6, 6.07) is 10.4. The number of ether oxygens (including phenoxy) is 1. The number of likely N-dealkylation sites (N-methyl/N-ethyl adjacent to an activating group) is 1. The Morgan fingerprint density at radius 1 is 1.07 bits per heavy atom. The number of anilines is 6. The lowest BCUT2D eigenvalue weighted by Gasteiger charge is -2.34. The molecule has 0 bridgehead atoms. The van der Waals surface area contributed by atoms with Gasteiger partial charge >= 0.3 is 0 Å². The monoisotopic (exact) mass is 614 g/mol. The molecule has 5 rings (SSSR count). The number of hydrogen-bond acceptors (Lipinski definition) is 10. The van der Waals surface area contributed by atoms with Crippen LogP contribution in [-0.2, 0) is 16.4 Å². The van der Waals surface area contributed by atoms with Crippen LogP contribution in [0.3, 0.4) is 0 Å². The number of benzene rings is 2. The van der Waals surface area contributed by atoms with Gasteiger partial charge in [0.1, 0.15) is 10.8 Å². The second kappa shape index (κ2) is 12.9. The third-order valence-electron chi connectivity index (χ3n) is 7.83. The number of nitrogens with one attached hydrogen (secondary N) is 4. The van der Waals surface area contributed by atoms with E-state index < -0.39 is 10.0 Å². The number of hydrogen-bond donors (Lipinski definition) is 4. The van der Waals surface area contributed by atoms with Gasteiger partial charge in [-0.05, 0) is 62.6 Å². The maximum Gasteiger partial charge on any atom is 0.232 e. The zero-order valence-corrected chi connectivity index (χ0v) is 26.1. The molecule has 0 spiro atoms. The number of fused-ring (bicyclic) bond motifs is 1. The first kappa shape index (κ1) is 30.1. The van der Waals surface area contributed by atoms with Crippen molar-refractivity contribution in [1.29, 1.82) is 0 Å². The van der Waals surface area contributed by atoms with Crippen LogP contribution in [0.1, 0.15) is 24.0 Å². The predicted octanol–water partition coefficient (Wildman–Crippen LogP) is 4.03. The fraction of sp³-hybridized carbons (Fsp3) is 0.448. The van der Waals surface area contributed by atoms with Crippen LogP contribution in [0.4, 0.5) is 34.5 Å². The molecule has 1 fully saturated rings. The lowest BCUT2D eigenvalue weighted by molar-refractivity contribution is 0.410. The highest BCUT2D eigenvalue weighted by molar-refractivity contribution is 7.92. The van der Waals surface area contributed by atoms with Gasteiger partial charge in [0.2, 0.25) is 16.0 Å². The number of aryl methyl sites for hydroxylation is 1. The average Bonchev–Trinajstić information content (AvgIpc) is 3.44. The summed E-state index contributed by atoms with van der Waals surface area (Å²) in [4.78, 5) is 11.4. The van der Waals surface area contributed by atoms with E-state index in [2.05, 4.69) is 42.2 Å². The Labute approximate surface area is 253 Å². The highest BCUT2D eigenvalue weighted by atomic mass is 35.5. The van der Waals surface area contributed by atoms with E-state index in [1.165, 1.54) is 16.8 Å². The zero-order valence-electron chi connectivity index (χ0n) is 24.5. The molecule has 0 unspecified atom stereocenters. The summed E-state index contributed by atoms with van der Waals surface area (Å²) in [5, 5.41) is 13.6. The van der Waals surface area contributed by atoms with E-state index in [9.17, 15) is 8.42 Å². The number of piperidine rings is 1. The molecule has 0 radical (unpaired) electrons. The summed E-state index contributed by atoms with van der Waals surface area (Å²) in [6.45, 7) is 6.28. The van der Waals surface area contributed by atoms with Gasteiger partial charge in [-0.2, -0.15) is 4.98 Å². The molecule has 1 saturated heterocycles. The van der Waals surface area contributed by atoms with Crippen LogP contribution >= 0.6 is 11.6 Å². The summed E-state index contributed by atoms with van der Waals surface area (Å²) < 4.78 is 32.2. The largest absolute Gasteiger partial charge is 0.494 e. The van der Waals surface area contributed by atoms with E-state index in [4.69, 9.17) is 16.3 Å². The molecular formula is C29H39ClN8O3S. The molecule has 0 aliphatic carbocycles. The van der Waals surface area contributed by atoms with E-state index in [-0.39, 0.29) is 0 Å². The van der Waals surface area contributed by atoms with Crippen molar-refractivity contribution in [2.45, 2.75) is 32.2 Å². The summed E-state index contributed by atoms with van der Waals surface area (Å²) in [6.07, 6.45) is 5.56. The van der Waals surface area contributed by atoms with Gasteiger partial charge in [-0.15, -0.1) is 0 Å². The maximum absolute atomic E-state index is 12.5. The maximum atomic E-state index is 12.5.